The third-order valence-corrected chi connectivity index (χ3v) is 0. The van der Waals surface area contributed by atoms with Gasteiger partial charge in [-0.2, -0.15) is 8.42 Å². The number of hydrogen-bond donors (Lipinski definition) is 2. The van der Waals surface area contributed by atoms with Crippen LogP contribution in [-0.2, 0) is 32.8 Å². The topological polar surface area (TPSA) is 74.6 Å². The molecular weight excluding hydrogens is 414 g/mol. The third-order valence-electron chi connectivity index (χ3n) is 0. The second-order valence-corrected chi connectivity index (χ2v) is 1.34. The molecule has 0 fully saturated rings. The van der Waals surface area contributed by atoms with Crippen LogP contribution in [0.25, 0.3) is 0 Å². The van der Waals surface area contributed by atoms with Crippen molar-refractivity contribution in [2.24, 2.45) is 0 Å². The smallest absolute Gasteiger partial charge is 0 e. The SMILES string of the molecule is O=S(=O)(O)O.[BaH2].[Ta]. The molecule has 7 heavy (non-hydrogen) atoms. The summed E-state index contributed by atoms with van der Waals surface area (Å²) in [5.74, 6) is 0. The van der Waals surface area contributed by atoms with E-state index in [1.165, 1.54) is 0 Å². The normalized spacial score (nSPS) is 8.29. The van der Waals surface area contributed by atoms with E-state index < -0.39 is 10.4 Å². The quantitative estimate of drug-likeness (QED) is 0.368. The summed E-state index contributed by atoms with van der Waals surface area (Å²) < 4.78 is 31.6. The molecule has 0 aliphatic heterocycles. The molecule has 0 bridgehead atoms. The van der Waals surface area contributed by atoms with Crippen molar-refractivity contribution in [3.8, 4) is 0 Å². The molecule has 0 aromatic carbocycles. The summed E-state index contributed by atoms with van der Waals surface area (Å²) in [6, 6.07) is 0. The molecule has 0 aliphatic rings. The van der Waals surface area contributed by atoms with E-state index in [9.17, 15) is 0 Å². The zero-order chi connectivity index (χ0) is 4.50. The fourth-order valence-corrected chi connectivity index (χ4v) is 0. The fraction of sp³-hybridized carbons (Fsp3) is 0. The Bertz CT molecular complexity index is 94.9. The summed E-state index contributed by atoms with van der Waals surface area (Å²) in [4.78, 5) is 0. The van der Waals surface area contributed by atoms with Crippen molar-refractivity contribution < 1.29 is 39.9 Å². The van der Waals surface area contributed by atoms with Gasteiger partial charge in [0.25, 0.3) is 0 Å². The Balaban J connectivity index is -0.0000000800. The molecule has 7 heteroatoms. The number of rotatable bonds is 0. The van der Waals surface area contributed by atoms with Crippen LogP contribution in [0.5, 0.6) is 0 Å². The average Bonchev–Trinajstić information content (AvgIpc) is 0.722. The molecule has 0 unspecified atom stereocenters. The summed E-state index contributed by atoms with van der Waals surface area (Å²) >= 11 is 0. The average molecular weight is 418 g/mol. The molecule has 0 aliphatic carbocycles. The minimum atomic E-state index is -4.67. The molecule has 4 nitrogen and oxygen atoms in total. The van der Waals surface area contributed by atoms with Gasteiger partial charge in [0.05, 0.1) is 0 Å². The monoisotopic (exact) mass is 419 g/mol. The van der Waals surface area contributed by atoms with E-state index >= 15 is 0 Å². The maximum atomic E-state index is 8.74. The molecule has 41 valence electrons. The first-order valence-corrected chi connectivity index (χ1v) is 2.10. The van der Waals surface area contributed by atoms with Crippen molar-refractivity contribution in [1.82, 2.24) is 0 Å². The molecule has 0 atom stereocenters. The van der Waals surface area contributed by atoms with E-state index in [4.69, 9.17) is 17.5 Å². The van der Waals surface area contributed by atoms with Crippen LogP contribution >= 0.6 is 0 Å². The maximum absolute atomic E-state index is 8.74. The van der Waals surface area contributed by atoms with Crippen molar-refractivity contribution >= 4 is 59.3 Å². The molecule has 0 aromatic heterocycles. The van der Waals surface area contributed by atoms with E-state index in [0.29, 0.717) is 0 Å². The first kappa shape index (κ1) is 16.1. The molecule has 0 spiro atoms. The van der Waals surface area contributed by atoms with Crippen molar-refractivity contribution in [3.05, 3.63) is 0 Å². The Kier molecular flexibility index (Phi) is 14.5. The van der Waals surface area contributed by atoms with Crippen LogP contribution in [0.1, 0.15) is 0 Å². The van der Waals surface area contributed by atoms with E-state index in [1.54, 1.807) is 0 Å². The van der Waals surface area contributed by atoms with E-state index in [2.05, 4.69) is 0 Å². The largest absolute Gasteiger partial charge is 0 e. The van der Waals surface area contributed by atoms with Gasteiger partial charge in [-0.25, -0.2) is 0 Å². The van der Waals surface area contributed by atoms with E-state index in [0.717, 1.165) is 0 Å². The van der Waals surface area contributed by atoms with E-state index in [1.807, 2.05) is 0 Å². The minimum Gasteiger partial charge on any atom is 0 e. The summed E-state index contributed by atoms with van der Waals surface area (Å²) in [6.07, 6.45) is 0. The van der Waals surface area contributed by atoms with Gasteiger partial charge in [-0.1, -0.05) is 0 Å². The van der Waals surface area contributed by atoms with Gasteiger partial charge in [0.15, 0.2) is 0 Å². The summed E-state index contributed by atoms with van der Waals surface area (Å²) in [5.41, 5.74) is 0. The van der Waals surface area contributed by atoms with Crippen LogP contribution in [0.15, 0.2) is 0 Å². The van der Waals surface area contributed by atoms with Gasteiger partial charge >= 0.3 is 59.3 Å². The Morgan fingerprint density at radius 3 is 1.14 bits per heavy atom. The standard InChI is InChI=1S/Ba.H2O4S.Ta.2H/c;1-5(2,3)4;;;/h;(H2,1,2,3,4);;;. The Labute approximate surface area is 97.2 Å². The van der Waals surface area contributed by atoms with Gasteiger partial charge in [-0.3, -0.25) is 9.11 Å². The van der Waals surface area contributed by atoms with Gasteiger partial charge < -0.3 is 0 Å². The molecule has 2 N–H and O–H groups in total. The third kappa shape index (κ3) is 65.7. The van der Waals surface area contributed by atoms with Crippen LogP contribution in [0.3, 0.4) is 0 Å². The molecule has 0 aromatic rings. The Morgan fingerprint density at radius 2 is 1.14 bits per heavy atom. The van der Waals surface area contributed by atoms with Gasteiger partial charge in [-0.15, -0.1) is 0 Å². The Hall–Kier alpha value is 2.18. The molecule has 1 radical (unpaired) electrons. The second-order valence-electron chi connectivity index (χ2n) is 0.448. The van der Waals surface area contributed by atoms with Crippen molar-refractivity contribution in [2.75, 3.05) is 0 Å². The number of hydrogen-bond acceptors (Lipinski definition) is 2. The molecule has 0 saturated carbocycles. The predicted molar refractivity (Wildman–Crippen MR) is 22.7 cm³/mol. The predicted octanol–water partition coefficient (Wildman–Crippen LogP) is -1.57. The fourth-order valence-electron chi connectivity index (χ4n) is 0. The zero-order valence-electron chi connectivity index (χ0n) is 2.57. The van der Waals surface area contributed by atoms with E-state index in [-0.39, 0.29) is 71.3 Å². The summed E-state index contributed by atoms with van der Waals surface area (Å²) in [7, 11) is -4.67. The van der Waals surface area contributed by atoms with Gasteiger partial charge in [0.1, 0.15) is 0 Å². The maximum Gasteiger partial charge on any atom is 0 e. The van der Waals surface area contributed by atoms with Crippen LogP contribution < -0.4 is 0 Å². The summed E-state index contributed by atoms with van der Waals surface area (Å²) in [6.45, 7) is 0. The van der Waals surface area contributed by atoms with Gasteiger partial charge in [0, 0.05) is 22.4 Å². The first-order chi connectivity index (χ1) is 2.00. The van der Waals surface area contributed by atoms with Crippen molar-refractivity contribution in [1.29, 1.82) is 0 Å². The molecule has 0 saturated heterocycles. The van der Waals surface area contributed by atoms with Crippen molar-refractivity contribution in [2.45, 2.75) is 0 Å². The van der Waals surface area contributed by atoms with Gasteiger partial charge in [-0.05, 0) is 0 Å². The second kappa shape index (κ2) is 6.30. The van der Waals surface area contributed by atoms with Crippen LogP contribution in [0, 0.1) is 0 Å². The zero-order valence-corrected chi connectivity index (χ0v) is 6.60. The minimum absolute atomic E-state index is 0. The first-order valence-electron chi connectivity index (χ1n) is 0.698. The van der Waals surface area contributed by atoms with Crippen LogP contribution in [-0.4, -0.2) is 66.4 Å². The van der Waals surface area contributed by atoms with Crippen LogP contribution in [0.4, 0.5) is 0 Å². The molecule has 0 amide bonds. The van der Waals surface area contributed by atoms with Gasteiger partial charge in [0.2, 0.25) is 0 Å². The molecular formula is H4BaO4STa. The van der Waals surface area contributed by atoms with Crippen molar-refractivity contribution in [3.63, 3.8) is 0 Å². The molecule has 0 heterocycles. The molecule has 0 rings (SSSR count). The summed E-state index contributed by atoms with van der Waals surface area (Å²) in [5, 5.41) is 0. The van der Waals surface area contributed by atoms with Crippen LogP contribution in [0.2, 0.25) is 0 Å². The Morgan fingerprint density at radius 1 is 1.14 bits per heavy atom.